The molecule has 0 spiro atoms. The molecule has 0 aliphatic rings. The van der Waals surface area contributed by atoms with E-state index in [2.05, 4.69) is 0 Å². The number of amides is 1. The standard InChI is InChI=1S/C12H23F3N2O/c1-3-5-10(6-4-2)11(18)17(8-7-16)9-12(13,14)15/h10H,3-9,16H2,1-2H3. The van der Waals surface area contributed by atoms with E-state index in [0.29, 0.717) is 12.8 Å². The van der Waals surface area contributed by atoms with Gasteiger partial charge in [0.15, 0.2) is 0 Å². The van der Waals surface area contributed by atoms with Gasteiger partial charge in [0, 0.05) is 19.0 Å². The first kappa shape index (κ1) is 17.2. The summed E-state index contributed by atoms with van der Waals surface area (Å²) in [6.45, 7) is 2.65. The minimum atomic E-state index is -4.37. The lowest BCUT2D eigenvalue weighted by molar-refractivity contribution is -0.163. The van der Waals surface area contributed by atoms with E-state index in [-0.39, 0.29) is 19.0 Å². The lowest BCUT2D eigenvalue weighted by Crippen LogP contribution is -2.44. The van der Waals surface area contributed by atoms with E-state index in [9.17, 15) is 18.0 Å². The lowest BCUT2D eigenvalue weighted by Gasteiger charge is -2.27. The summed E-state index contributed by atoms with van der Waals surface area (Å²) >= 11 is 0. The van der Waals surface area contributed by atoms with Gasteiger partial charge in [-0.2, -0.15) is 13.2 Å². The fourth-order valence-corrected chi connectivity index (χ4v) is 1.99. The van der Waals surface area contributed by atoms with Crippen molar-refractivity contribution in [3.05, 3.63) is 0 Å². The van der Waals surface area contributed by atoms with Crippen LogP contribution in [0.1, 0.15) is 39.5 Å². The number of hydrogen-bond acceptors (Lipinski definition) is 2. The second-order valence-electron chi connectivity index (χ2n) is 4.44. The molecule has 0 fully saturated rings. The molecule has 18 heavy (non-hydrogen) atoms. The summed E-state index contributed by atoms with van der Waals surface area (Å²) in [6.07, 6.45) is -1.53. The van der Waals surface area contributed by atoms with Gasteiger partial charge >= 0.3 is 6.18 Å². The number of nitrogens with zero attached hydrogens (tertiary/aromatic N) is 1. The van der Waals surface area contributed by atoms with Crippen LogP contribution in [-0.2, 0) is 4.79 Å². The predicted molar refractivity (Wildman–Crippen MR) is 65.0 cm³/mol. The Kier molecular flexibility index (Phi) is 7.98. The highest BCUT2D eigenvalue weighted by molar-refractivity contribution is 5.78. The quantitative estimate of drug-likeness (QED) is 0.735. The average Bonchev–Trinajstić information content (AvgIpc) is 2.25. The molecule has 1 amide bonds. The lowest BCUT2D eigenvalue weighted by atomic mass is 9.96. The van der Waals surface area contributed by atoms with Gasteiger partial charge in [-0.1, -0.05) is 26.7 Å². The monoisotopic (exact) mass is 268 g/mol. The van der Waals surface area contributed by atoms with Crippen LogP contribution in [0.3, 0.4) is 0 Å². The first-order valence-electron chi connectivity index (χ1n) is 6.41. The van der Waals surface area contributed by atoms with Crippen molar-refractivity contribution in [2.24, 2.45) is 11.7 Å². The largest absolute Gasteiger partial charge is 0.406 e. The van der Waals surface area contributed by atoms with Gasteiger partial charge in [0.25, 0.3) is 0 Å². The summed E-state index contributed by atoms with van der Waals surface area (Å²) in [5.74, 6) is -0.727. The van der Waals surface area contributed by atoms with Gasteiger partial charge in [0.2, 0.25) is 5.91 Å². The molecule has 0 heterocycles. The predicted octanol–water partition coefficient (Wildman–Crippen LogP) is 2.55. The van der Waals surface area contributed by atoms with E-state index in [1.807, 2.05) is 13.8 Å². The highest BCUT2D eigenvalue weighted by Crippen LogP contribution is 2.21. The van der Waals surface area contributed by atoms with Gasteiger partial charge in [0.1, 0.15) is 6.54 Å². The zero-order chi connectivity index (χ0) is 14.2. The number of carbonyl (C=O) groups is 1. The van der Waals surface area contributed by atoms with Crippen molar-refractivity contribution in [2.75, 3.05) is 19.6 Å². The molecule has 0 aliphatic heterocycles. The molecule has 0 aromatic rings. The fraction of sp³-hybridized carbons (Fsp3) is 0.917. The van der Waals surface area contributed by atoms with E-state index in [0.717, 1.165) is 17.7 Å². The van der Waals surface area contributed by atoms with Crippen LogP contribution in [0.4, 0.5) is 13.2 Å². The normalized spacial score (nSPS) is 11.9. The average molecular weight is 268 g/mol. The van der Waals surface area contributed by atoms with Gasteiger partial charge in [-0.05, 0) is 12.8 Å². The van der Waals surface area contributed by atoms with Crippen LogP contribution in [0, 0.1) is 5.92 Å². The summed E-state index contributed by atoms with van der Waals surface area (Å²) in [5, 5.41) is 0. The number of halogens is 3. The Bertz CT molecular complexity index is 238. The number of rotatable bonds is 8. The molecule has 108 valence electrons. The number of alkyl halides is 3. The molecule has 0 atom stereocenters. The van der Waals surface area contributed by atoms with Crippen LogP contribution >= 0.6 is 0 Å². The maximum Gasteiger partial charge on any atom is 0.406 e. The van der Waals surface area contributed by atoms with Gasteiger partial charge in [0.05, 0.1) is 0 Å². The Balaban J connectivity index is 4.69. The Labute approximate surface area is 107 Å². The molecule has 2 N–H and O–H groups in total. The highest BCUT2D eigenvalue weighted by atomic mass is 19.4. The van der Waals surface area contributed by atoms with E-state index < -0.39 is 18.6 Å². The van der Waals surface area contributed by atoms with Crippen LogP contribution < -0.4 is 5.73 Å². The van der Waals surface area contributed by atoms with E-state index >= 15 is 0 Å². The second-order valence-corrected chi connectivity index (χ2v) is 4.44. The molecular weight excluding hydrogens is 245 g/mol. The molecule has 0 aliphatic carbocycles. The van der Waals surface area contributed by atoms with Crippen molar-refractivity contribution >= 4 is 5.91 Å². The van der Waals surface area contributed by atoms with Crippen molar-refractivity contribution < 1.29 is 18.0 Å². The maximum absolute atomic E-state index is 12.4. The van der Waals surface area contributed by atoms with Gasteiger partial charge in [-0.25, -0.2) is 0 Å². The summed E-state index contributed by atoms with van der Waals surface area (Å²) in [7, 11) is 0. The van der Waals surface area contributed by atoms with Crippen LogP contribution in [0.5, 0.6) is 0 Å². The third-order valence-corrected chi connectivity index (χ3v) is 2.70. The molecule has 6 heteroatoms. The molecule has 0 bridgehead atoms. The Hall–Kier alpha value is -0.780. The van der Waals surface area contributed by atoms with Crippen molar-refractivity contribution in [1.82, 2.24) is 4.90 Å². The Morgan fingerprint density at radius 3 is 2.06 bits per heavy atom. The zero-order valence-electron chi connectivity index (χ0n) is 11.1. The maximum atomic E-state index is 12.4. The topological polar surface area (TPSA) is 46.3 Å². The zero-order valence-corrected chi connectivity index (χ0v) is 11.1. The molecule has 0 aromatic heterocycles. The van der Waals surface area contributed by atoms with Crippen LogP contribution in [0.15, 0.2) is 0 Å². The van der Waals surface area contributed by atoms with Crippen LogP contribution in [-0.4, -0.2) is 36.6 Å². The first-order valence-corrected chi connectivity index (χ1v) is 6.41. The highest BCUT2D eigenvalue weighted by Gasteiger charge is 2.34. The van der Waals surface area contributed by atoms with Gasteiger partial charge < -0.3 is 10.6 Å². The summed E-state index contributed by atoms with van der Waals surface area (Å²) in [6, 6.07) is 0. The van der Waals surface area contributed by atoms with E-state index in [1.165, 1.54) is 0 Å². The molecule has 0 radical (unpaired) electrons. The van der Waals surface area contributed by atoms with Crippen molar-refractivity contribution in [3.8, 4) is 0 Å². The molecule has 0 rings (SSSR count). The fourth-order valence-electron chi connectivity index (χ4n) is 1.99. The first-order chi connectivity index (χ1) is 8.35. The molecule has 0 aromatic carbocycles. The summed E-state index contributed by atoms with van der Waals surface area (Å²) in [4.78, 5) is 12.9. The van der Waals surface area contributed by atoms with E-state index in [4.69, 9.17) is 5.73 Å². The van der Waals surface area contributed by atoms with Crippen molar-refractivity contribution in [3.63, 3.8) is 0 Å². The van der Waals surface area contributed by atoms with Crippen molar-refractivity contribution in [1.29, 1.82) is 0 Å². The molecule has 0 unspecified atom stereocenters. The summed E-state index contributed by atoms with van der Waals surface area (Å²) in [5.41, 5.74) is 5.27. The van der Waals surface area contributed by atoms with Crippen LogP contribution in [0.25, 0.3) is 0 Å². The second kappa shape index (κ2) is 8.34. The van der Waals surface area contributed by atoms with Gasteiger partial charge in [-0.15, -0.1) is 0 Å². The van der Waals surface area contributed by atoms with Gasteiger partial charge in [-0.3, -0.25) is 4.79 Å². The summed E-state index contributed by atoms with van der Waals surface area (Å²) < 4.78 is 37.2. The third-order valence-electron chi connectivity index (χ3n) is 2.70. The van der Waals surface area contributed by atoms with Crippen molar-refractivity contribution in [2.45, 2.75) is 45.7 Å². The molecule has 0 saturated heterocycles. The Morgan fingerprint density at radius 1 is 1.22 bits per heavy atom. The molecule has 3 nitrogen and oxygen atoms in total. The SMILES string of the molecule is CCCC(CCC)C(=O)N(CCN)CC(F)(F)F. The smallest absolute Gasteiger partial charge is 0.332 e. The molecular formula is C12H23F3N2O. The minimum absolute atomic E-state index is 0.0394. The minimum Gasteiger partial charge on any atom is -0.332 e. The van der Waals surface area contributed by atoms with Crippen LogP contribution in [0.2, 0.25) is 0 Å². The number of carbonyl (C=O) groups excluding carboxylic acids is 1. The number of nitrogens with two attached hydrogens (primary N) is 1. The molecule has 0 saturated carbocycles. The third kappa shape index (κ3) is 6.83. The van der Waals surface area contributed by atoms with E-state index in [1.54, 1.807) is 0 Å². The Morgan fingerprint density at radius 2 is 1.72 bits per heavy atom. The number of hydrogen-bond donors (Lipinski definition) is 1.